The van der Waals surface area contributed by atoms with Crippen molar-refractivity contribution in [2.24, 2.45) is 0 Å². The standard InChI is InChI=1S/C20H32N4O5S/c1-14-19(20(23-13-22-14)28-11-10-25)15-5-7-16(8-6-15)29-12-18-17(4-3-9-21-18)24-30(2,26)27/h10,13,15-18,21,24H,3-9,11-12H2,1-2H3/t15?,16?,17-,18-/m0/s1. The summed E-state index contributed by atoms with van der Waals surface area (Å²) < 4.78 is 37.7. The van der Waals surface area contributed by atoms with Gasteiger partial charge in [-0.1, -0.05) is 0 Å². The number of hydrogen-bond acceptors (Lipinski definition) is 8. The van der Waals surface area contributed by atoms with E-state index >= 15 is 0 Å². The minimum absolute atomic E-state index is 0.0145. The molecule has 1 saturated carbocycles. The number of carbonyl (C=O) groups excluding carboxylic acids is 1. The number of rotatable bonds is 9. The molecule has 168 valence electrons. The summed E-state index contributed by atoms with van der Waals surface area (Å²) in [6, 6.07) is -0.147. The number of aldehydes is 1. The Morgan fingerprint density at radius 2 is 2.00 bits per heavy atom. The van der Waals surface area contributed by atoms with Crippen molar-refractivity contribution in [2.75, 3.05) is 26.0 Å². The lowest BCUT2D eigenvalue weighted by atomic mass is 9.82. The van der Waals surface area contributed by atoms with Gasteiger partial charge >= 0.3 is 0 Å². The Kier molecular flexibility index (Phi) is 8.15. The number of aryl methyl sites for hydroxylation is 1. The first-order valence-corrected chi connectivity index (χ1v) is 12.5. The average molecular weight is 441 g/mol. The van der Waals surface area contributed by atoms with E-state index in [4.69, 9.17) is 9.47 Å². The number of aromatic nitrogens is 2. The van der Waals surface area contributed by atoms with Gasteiger partial charge in [0.05, 0.1) is 19.0 Å². The van der Waals surface area contributed by atoms with E-state index in [0.717, 1.165) is 62.6 Å². The van der Waals surface area contributed by atoms with Crippen LogP contribution < -0.4 is 14.8 Å². The third kappa shape index (κ3) is 6.44. The summed E-state index contributed by atoms with van der Waals surface area (Å²) in [6.45, 7) is 3.29. The molecular formula is C20H32N4O5S. The summed E-state index contributed by atoms with van der Waals surface area (Å²) >= 11 is 0. The van der Waals surface area contributed by atoms with Crippen LogP contribution in [0.3, 0.4) is 0 Å². The largest absolute Gasteiger partial charge is 0.470 e. The number of nitrogens with one attached hydrogen (secondary N) is 2. The molecule has 0 spiro atoms. The second kappa shape index (κ2) is 10.6. The number of ether oxygens (including phenoxy) is 2. The molecule has 9 nitrogen and oxygen atoms in total. The summed E-state index contributed by atoms with van der Waals surface area (Å²) in [5, 5.41) is 3.39. The number of nitrogens with zero attached hydrogens (tertiary/aromatic N) is 2. The quantitative estimate of drug-likeness (QED) is 0.548. The maximum absolute atomic E-state index is 11.6. The van der Waals surface area contributed by atoms with Crippen LogP contribution in [0.25, 0.3) is 0 Å². The molecule has 0 bridgehead atoms. The van der Waals surface area contributed by atoms with Gasteiger partial charge < -0.3 is 14.8 Å². The molecule has 0 unspecified atom stereocenters. The molecule has 1 aromatic rings. The Balaban J connectivity index is 1.53. The van der Waals surface area contributed by atoms with Crippen molar-refractivity contribution < 1.29 is 22.7 Å². The van der Waals surface area contributed by atoms with Gasteiger partial charge in [0, 0.05) is 23.3 Å². The zero-order valence-corrected chi connectivity index (χ0v) is 18.5. The van der Waals surface area contributed by atoms with Gasteiger partial charge in [-0.15, -0.1) is 0 Å². The van der Waals surface area contributed by atoms with Crippen molar-refractivity contribution >= 4 is 16.3 Å². The summed E-state index contributed by atoms with van der Waals surface area (Å²) in [7, 11) is -3.24. The molecule has 2 fully saturated rings. The maximum Gasteiger partial charge on any atom is 0.220 e. The van der Waals surface area contributed by atoms with Gasteiger partial charge in [-0.05, 0) is 57.9 Å². The monoisotopic (exact) mass is 440 g/mol. The van der Waals surface area contributed by atoms with E-state index in [1.807, 2.05) is 6.92 Å². The van der Waals surface area contributed by atoms with Crippen LogP contribution >= 0.6 is 0 Å². The Morgan fingerprint density at radius 3 is 2.70 bits per heavy atom. The molecule has 10 heteroatoms. The highest BCUT2D eigenvalue weighted by atomic mass is 32.2. The Bertz CT molecular complexity index is 811. The number of piperidine rings is 1. The van der Waals surface area contributed by atoms with Gasteiger partial charge in [-0.25, -0.2) is 23.1 Å². The fraction of sp³-hybridized carbons (Fsp3) is 0.750. The first-order chi connectivity index (χ1) is 14.4. The normalized spacial score (nSPS) is 27.5. The fourth-order valence-corrected chi connectivity index (χ4v) is 5.29. The van der Waals surface area contributed by atoms with Gasteiger partial charge in [-0.2, -0.15) is 0 Å². The van der Waals surface area contributed by atoms with Crippen LogP contribution in [-0.2, 0) is 19.6 Å². The third-order valence-electron chi connectivity index (χ3n) is 5.88. The Morgan fingerprint density at radius 1 is 1.23 bits per heavy atom. The zero-order chi connectivity index (χ0) is 21.6. The van der Waals surface area contributed by atoms with E-state index < -0.39 is 10.0 Å². The lowest BCUT2D eigenvalue weighted by Gasteiger charge is -2.35. The van der Waals surface area contributed by atoms with E-state index in [2.05, 4.69) is 20.0 Å². The molecule has 30 heavy (non-hydrogen) atoms. The highest BCUT2D eigenvalue weighted by Crippen LogP contribution is 2.38. The number of hydrogen-bond donors (Lipinski definition) is 2. The molecular weight excluding hydrogens is 408 g/mol. The van der Waals surface area contributed by atoms with Crippen LogP contribution in [0.2, 0.25) is 0 Å². The van der Waals surface area contributed by atoms with Crippen molar-refractivity contribution in [1.29, 1.82) is 0 Å². The molecule has 3 rings (SSSR count). The first-order valence-electron chi connectivity index (χ1n) is 10.6. The highest BCUT2D eigenvalue weighted by molar-refractivity contribution is 7.88. The number of carbonyl (C=O) groups is 1. The smallest absolute Gasteiger partial charge is 0.220 e. The van der Waals surface area contributed by atoms with Crippen molar-refractivity contribution in [1.82, 2.24) is 20.0 Å². The SMILES string of the molecule is Cc1ncnc(OCC=O)c1C1CCC(OC[C@@H]2NCCC[C@@H]2NS(C)(=O)=O)CC1. The van der Waals surface area contributed by atoms with Crippen LogP contribution in [0.4, 0.5) is 0 Å². The summed E-state index contributed by atoms with van der Waals surface area (Å²) in [5.74, 6) is 0.778. The molecule has 2 N–H and O–H groups in total. The van der Waals surface area contributed by atoms with E-state index in [1.165, 1.54) is 12.6 Å². The van der Waals surface area contributed by atoms with E-state index in [-0.39, 0.29) is 30.7 Å². The van der Waals surface area contributed by atoms with E-state index in [1.54, 1.807) is 0 Å². The molecule has 0 radical (unpaired) electrons. The van der Waals surface area contributed by atoms with Crippen LogP contribution in [0.5, 0.6) is 5.88 Å². The van der Waals surface area contributed by atoms with Crippen molar-refractivity contribution in [3.05, 3.63) is 17.6 Å². The van der Waals surface area contributed by atoms with Crippen molar-refractivity contribution in [2.45, 2.75) is 69.6 Å². The van der Waals surface area contributed by atoms with Gasteiger partial charge in [0.2, 0.25) is 15.9 Å². The minimum atomic E-state index is -3.24. The lowest BCUT2D eigenvalue weighted by molar-refractivity contribution is -0.109. The van der Waals surface area contributed by atoms with Gasteiger partial charge in [-0.3, -0.25) is 4.79 Å². The first kappa shape index (κ1) is 23.1. The second-order valence-corrected chi connectivity index (χ2v) is 9.94. The van der Waals surface area contributed by atoms with Crippen LogP contribution in [0.15, 0.2) is 6.33 Å². The van der Waals surface area contributed by atoms with Crippen LogP contribution in [0, 0.1) is 6.92 Å². The summed E-state index contributed by atoms with van der Waals surface area (Å²) in [5.41, 5.74) is 1.88. The molecule has 0 aromatic carbocycles. The average Bonchev–Trinajstić information content (AvgIpc) is 2.71. The topological polar surface area (TPSA) is 120 Å². The third-order valence-corrected chi connectivity index (χ3v) is 6.61. The maximum atomic E-state index is 11.6. The second-order valence-electron chi connectivity index (χ2n) is 8.16. The molecule has 2 aliphatic rings. The Hall–Kier alpha value is -1.62. The van der Waals surface area contributed by atoms with Gasteiger partial charge in [0.1, 0.15) is 12.9 Å². The molecule has 2 atom stereocenters. The highest BCUT2D eigenvalue weighted by Gasteiger charge is 2.31. The molecule has 0 amide bonds. The zero-order valence-electron chi connectivity index (χ0n) is 17.7. The van der Waals surface area contributed by atoms with Crippen LogP contribution in [-0.4, -0.2) is 68.9 Å². The molecule has 2 heterocycles. The Labute approximate surface area is 178 Å². The minimum Gasteiger partial charge on any atom is -0.470 e. The summed E-state index contributed by atoms with van der Waals surface area (Å²) in [4.78, 5) is 19.2. The molecule has 1 saturated heterocycles. The predicted octanol–water partition coefficient (Wildman–Crippen LogP) is 1.08. The summed E-state index contributed by atoms with van der Waals surface area (Å²) in [6.07, 6.45) is 8.96. The van der Waals surface area contributed by atoms with Crippen molar-refractivity contribution in [3.8, 4) is 5.88 Å². The van der Waals surface area contributed by atoms with E-state index in [0.29, 0.717) is 12.5 Å². The van der Waals surface area contributed by atoms with Crippen LogP contribution in [0.1, 0.15) is 55.7 Å². The van der Waals surface area contributed by atoms with E-state index in [9.17, 15) is 13.2 Å². The predicted molar refractivity (Wildman–Crippen MR) is 112 cm³/mol. The fourth-order valence-electron chi connectivity index (χ4n) is 4.46. The molecule has 1 aliphatic carbocycles. The van der Waals surface area contributed by atoms with Gasteiger partial charge in [0.25, 0.3) is 0 Å². The van der Waals surface area contributed by atoms with Gasteiger partial charge in [0.15, 0.2) is 6.29 Å². The van der Waals surface area contributed by atoms with Crippen molar-refractivity contribution in [3.63, 3.8) is 0 Å². The lowest BCUT2D eigenvalue weighted by Crippen LogP contribution is -2.55. The molecule has 1 aliphatic heterocycles. The number of sulfonamides is 1. The molecule has 1 aromatic heterocycles.